The minimum Gasteiger partial charge on any atom is -0.453 e. The lowest BCUT2D eigenvalue weighted by Crippen LogP contribution is -2.44. The summed E-state index contributed by atoms with van der Waals surface area (Å²) in [5.74, 6) is 0.00798. The van der Waals surface area contributed by atoms with E-state index >= 15 is 0 Å². The van der Waals surface area contributed by atoms with Gasteiger partial charge in [-0.05, 0) is 92.1 Å². The van der Waals surface area contributed by atoms with Gasteiger partial charge in [0.15, 0.2) is 5.13 Å². The zero-order valence-electron chi connectivity index (χ0n) is 23.1. The summed E-state index contributed by atoms with van der Waals surface area (Å²) in [6.07, 6.45) is 6.40. The van der Waals surface area contributed by atoms with E-state index in [1.807, 2.05) is 53.2 Å². The third-order valence-corrected chi connectivity index (χ3v) is 9.47. The number of methoxy groups -OCH3 is 1. The molecule has 10 nitrogen and oxygen atoms in total. The van der Waals surface area contributed by atoms with E-state index in [-0.39, 0.29) is 11.9 Å². The Labute approximate surface area is 250 Å². The summed E-state index contributed by atoms with van der Waals surface area (Å²) in [5, 5.41) is 8.26. The van der Waals surface area contributed by atoms with Crippen LogP contribution in [0.5, 0.6) is 0 Å². The molecule has 2 amide bonds. The maximum Gasteiger partial charge on any atom is 0.413 e. The van der Waals surface area contributed by atoms with Gasteiger partial charge in [-0.2, -0.15) is 5.10 Å². The highest BCUT2D eigenvalue weighted by Gasteiger charge is 2.31. The lowest BCUT2D eigenvalue weighted by molar-refractivity contribution is 0.0659. The first-order valence-electron chi connectivity index (χ1n) is 13.5. The Balaban J connectivity index is 1.40. The smallest absolute Gasteiger partial charge is 0.413 e. The molecule has 0 bridgehead atoms. The van der Waals surface area contributed by atoms with Gasteiger partial charge < -0.3 is 14.5 Å². The van der Waals surface area contributed by atoms with Gasteiger partial charge in [-0.15, -0.1) is 0 Å². The molecule has 0 unspecified atom stereocenters. The van der Waals surface area contributed by atoms with E-state index in [0.717, 1.165) is 82.0 Å². The summed E-state index contributed by atoms with van der Waals surface area (Å²) in [5.41, 5.74) is 6.11. The molecule has 6 rings (SSSR count). The number of rotatable bonds is 5. The van der Waals surface area contributed by atoms with Crippen LogP contribution >= 0.6 is 27.3 Å². The van der Waals surface area contributed by atoms with Crippen LogP contribution < -0.4 is 5.32 Å². The van der Waals surface area contributed by atoms with E-state index in [1.165, 1.54) is 18.4 Å². The molecule has 1 saturated heterocycles. The summed E-state index contributed by atoms with van der Waals surface area (Å²) in [6, 6.07) is 9.81. The third kappa shape index (κ3) is 5.27. The summed E-state index contributed by atoms with van der Waals surface area (Å²) in [4.78, 5) is 39.4. The van der Waals surface area contributed by atoms with Crippen molar-refractivity contribution in [1.82, 2.24) is 29.5 Å². The average molecular weight is 637 g/mol. The number of aromatic nitrogens is 4. The fraction of sp³-hybridized carbons (Fsp3) is 0.345. The Morgan fingerprint density at radius 2 is 2.00 bits per heavy atom. The molecule has 1 aromatic carbocycles. The standard InChI is InChI=1S/C29H30BrN7O3S/c1-35-13-10-19(11-14-35)36(2)27(38)17-6-9-23(21(30)15-17)37-25-20(24(34-37)18-5-4-12-31-16-18)7-8-22-26(25)41-28(32-22)33-29(39)40-3/h4-6,9,12,15-16,19H,7-8,10-11,13-14H2,1-3H3,(H,32,33,39). The summed E-state index contributed by atoms with van der Waals surface area (Å²) in [7, 11) is 5.34. The van der Waals surface area contributed by atoms with Crippen molar-refractivity contribution in [2.24, 2.45) is 0 Å². The number of hydrogen-bond donors (Lipinski definition) is 1. The number of aryl methyl sites for hydroxylation is 1. The van der Waals surface area contributed by atoms with Crippen LogP contribution in [0.3, 0.4) is 0 Å². The lowest BCUT2D eigenvalue weighted by atomic mass is 9.95. The Kier molecular flexibility index (Phi) is 7.62. The Morgan fingerprint density at radius 1 is 1.20 bits per heavy atom. The second-order valence-corrected chi connectivity index (χ2v) is 12.2. The first-order valence-corrected chi connectivity index (χ1v) is 15.1. The number of benzene rings is 1. The second kappa shape index (κ2) is 11.3. The number of ether oxygens (including phenoxy) is 1. The van der Waals surface area contributed by atoms with E-state index in [0.29, 0.717) is 10.7 Å². The molecule has 4 aromatic rings. The van der Waals surface area contributed by atoms with Crippen molar-refractivity contribution in [2.45, 2.75) is 31.7 Å². The zero-order valence-corrected chi connectivity index (χ0v) is 25.5. The lowest BCUT2D eigenvalue weighted by Gasteiger charge is -2.35. The molecule has 0 spiro atoms. The number of halogens is 1. The van der Waals surface area contributed by atoms with Crippen molar-refractivity contribution in [2.75, 3.05) is 39.6 Å². The number of anilines is 1. The minimum absolute atomic E-state index is 0.00798. The molecule has 12 heteroatoms. The Bertz CT molecular complexity index is 1610. The quantitative estimate of drug-likeness (QED) is 0.319. The Morgan fingerprint density at radius 3 is 2.71 bits per heavy atom. The van der Waals surface area contributed by atoms with Crippen molar-refractivity contribution < 1.29 is 14.3 Å². The predicted molar refractivity (Wildman–Crippen MR) is 162 cm³/mol. The van der Waals surface area contributed by atoms with E-state index in [4.69, 9.17) is 9.84 Å². The number of carbonyl (C=O) groups excluding carboxylic acids is 2. The molecule has 1 aliphatic heterocycles. The van der Waals surface area contributed by atoms with E-state index in [1.54, 1.807) is 6.20 Å². The van der Waals surface area contributed by atoms with Gasteiger partial charge in [0.25, 0.3) is 5.91 Å². The SMILES string of the molecule is COC(=O)Nc1nc2c(s1)-c1c(c(-c3cccnc3)nn1-c1ccc(C(=O)N(C)C3CCN(C)CC3)cc1Br)CC2. The van der Waals surface area contributed by atoms with Gasteiger partial charge in [0.1, 0.15) is 0 Å². The number of likely N-dealkylation sites (tertiary alicyclic amines) is 1. The van der Waals surface area contributed by atoms with E-state index in [2.05, 4.69) is 43.2 Å². The van der Waals surface area contributed by atoms with Gasteiger partial charge in [-0.25, -0.2) is 14.5 Å². The summed E-state index contributed by atoms with van der Waals surface area (Å²) < 4.78 is 7.44. The number of pyridine rings is 1. The number of carbonyl (C=O) groups is 2. The number of nitrogens with one attached hydrogen (secondary N) is 1. The summed E-state index contributed by atoms with van der Waals surface area (Å²) >= 11 is 5.14. The molecular weight excluding hydrogens is 606 g/mol. The van der Waals surface area contributed by atoms with Crippen molar-refractivity contribution in [3.8, 4) is 27.5 Å². The van der Waals surface area contributed by atoms with Crippen LogP contribution in [-0.4, -0.2) is 81.9 Å². The second-order valence-electron chi connectivity index (χ2n) is 10.4. The van der Waals surface area contributed by atoms with Gasteiger partial charge in [0, 0.05) is 46.6 Å². The molecule has 1 aliphatic carbocycles. The first-order chi connectivity index (χ1) is 19.8. The van der Waals surface area contributed by atoms with Crippen molar-refractivity contribution in [3.05, 3.63) is 64.0 Å². The maximum absolute atomic E-state index is 13.4. The largest absolute Gasteiger partial charge is 0.453 e. The van der Waals surface area contributed by atoms with Crippen LogP contribution in [0.15, 0.2) is 47.2 Å². The number of nitrogens with zero attached hydrogens (tertiary/aromatic N) is 6. The normalized spacial score (nSPS) is 15.2. The van der Waals surface area contributed by atoms with Gasteiger partial charge in [0.05, 0.1) is 34.8 Å². The fourth-order valence-corrected chi connectivity index (χ4v) is 7.14. The topological polar surface area (TPSA) is 105 Å². The first kappa shape index (κ1) is 27.6. The van der Waals surface area contributed by atoms with Crippen LogP contribution in [0.2, 0.25) is 0 Å². The average Bonchev–Trinajstić information content (AvgIpc) is 3.58. The molecule has 3 aromatic heterocycles. The third-order valence-electron chi connectivity index (χ3n) is 7.82. The molecule has 41 heavy (non-hydrogen) atoms. The molecule has 4 heterocycles. The molecular formula is C29H30BrN7O3S. The van der Waals surface area contributed by atoms with Crippen LogP contribution in [0.25, 0.3) is 27.5 Å². The predicted octanol–water partition coefficient (Wildman–Crippen LogP) is 5.26. The molecule has 0 radical (unpaired) electrons. The van der Waals surface area contributed by atoms with Crippen LogP contribution in [0.4, 0.5) is 9.93 Å². The highest BCUT2D eigenvalue weighted by Crippen LogP contribution is 2.44. The molecule has 212 valence electrons. The molecule has 0 atom stereocenters. The van der Waals surface area contributed by atoms with Crippen molar-refractivity contribution in [3.63, 3.8) is 0 Å². The number of hydrogen-bond acceptors (Lipinski definition) is 8. The fourth-order valence-electron chi connectivity index (χ4n) is 5.53. The zero-order chi connectivity index (χ0) is 28.7. The minimum atomic E-state index is -0.561. The van der Waals surface area contributed by atoms with Gasteiger partial charge >= 0.3 is 6.09 Å². The van der Waals surface area contributed by atoms with E-state index in [9.17, 15) is 9.59 Å². The van der Waals surface area contributed by atoms with E-state index < -0.39 is 6.09 Å². The van der Waals surface area contributed by atoms with Crippen molar-refractivity contribution in [1.29, 1.82) is 0 Å². The molecule has 2 aliphatic rings. The monoisotopic (exact) mass is 635 g/mol. The molecule has 1 fully saturated rings. The van der Waals surface area contributed by atoms with Crippen molar-refractivity contribution >= 4 is 44.4 Å². The summed E-state index contributed by atoms with van der Waals surface area (Å²) in [6.45, 7) is 1.98. The number of amides is 2. The number of thiazole rings is 1. The van der Waals surface area contributed by atoms with Gasteiger partial charge in [0.2, 0.25) is 0 Å². The van der Waals surface area contributed by atoms with Crippen LogP contribution in [0, 0.1) is 0 Å². The highest BCUT2D eigenvalue weighted by atomic mass is 79.9. The van der Waals surface area contributed by atoms with Crippen LogP contribution in [-0.2, 0) is 17.6 Å². The van der Waals surface area contributed by atoms with Crippen LogP contribution in [0.1, 0.15) is 34.5 Å². The maximum atomic E-state index is 13.4. The van der Waals surface area contributed by atoms with Gasteiger partial charge in [-0.1, -0.05) is 11.3 Å². The number of fused-ring (bicyclic) bond motifs is 3. The number of piperidine rings is 1. The molecule has 0 saturated carbocycles. The molecule has 1 N–H and O–H groups in total. The Hall–Kier alpha value is -3.61. The highest BCUT2D eigenvalue weighted by molar-refractivity contribution is 9.10. The van der Waals surface area contributed by atoms with Gasteiger partial charge in [-0.3, -0.25) is 15.1 Å².